The Morgan fingerprint density at radius 2 is 2.04 bits per heavy atom. The summed E-state index contributed by atoms with van der Waals surface area (Å²) >= 11 is 2.03. The largest absolute Gasteiger partial charge is 0.497 e. The van der Waals surface area contributed by atoms with Gasteiger partial charge in [0.2, 0.25) is 0 Å². The molecule has 1 aromatic rings. The topological polar surface area (TPSA) is 46.1 Å². The second-order valence-corrected chi connectivity index (χ2v) is 8.56. The zero-order chi connectivity index (χ0) is 18.1. The fraction of sp³-hybridized carbons (Fsp3) is 0.632. The minimum atomic E-state index is 0. The lowest BCUT2D eigenvalue weighted by Gasteiger charge is -2.39. The number of guanidine groups is 1. The highest BCUT2D eigenvalue weighted by Gasteiger charge is 2.28. The summed E-state index contributed by atoms with van der Waals surface area (Å²) in [6, 6.07) is 8.00. The molecule has 1 saturated heterocycles. The quantitative estimate of drug-likeness (QED) is 0.272. The average molecular weight is 493 g/mol. The molecule has 0 bridgehead atoms. The molecule has 1 aliphatic rings. The third kappa shape index (κ3) is 7.92. The number of methoxy groups -OCH3 is 1. The summed E-state index contributed by atoms with van der Waals surface area (Å²) < 4.78 is 11.2. The van der Waals surface area contributed by atoms with Gasteiger partial charge in [-0.2, -0.15) is 11.8 Å². The van der Waals surface area contributed by atoms with E-state index in [0.29, 0.717) is 6.61 Å². The van der Waals surface area contributed by atoms with Gasteiger partial charge in [0, 0.05) is 43.8 Å². The van der Waals surface area contributed by atoms with Crippen LogP contribution in [0.3, 0.4) is 0 Å². The Kier molecular flexibility index (Phi) is 10.7. The van der Waals surface area contributed by atoms with Crippen molar-refractivity contribution in [3.05, 3.63) is 29.8 Å². The normalized spacial score (nSPS) is 16.8. The van der Waals surface area contributed by atoms with Gasteiger partial charge >= 0.3 is 0 Å². The molecule has 0 spiro atoms. The van der Waals surface area contributed by atoms with Crippen molar-refractivity contribution in [2.24, 2.45) is 4.99 Å². The monoisotopic (exact) mass is 493 g/mol. The van der Waals surface area contributed by atoms with E-state index in [1.807, 2.05) is 43.1 Å². The molecule has 26 heavy (non-hydrogen) atoms. The molecule has 0 unspecified atom stereocenters. The first-order chi connectivity index (χ1) is 12.0. The zero-order valence-corrected chi connectivity index (χ0v) is 19.4. The van der Waals surface area contributed by atoms with Crippen LogP contribution in [0, 0.1) is 0 Å². The van der Waals surface area contributed by atoms with E-state index in [0.717, 1.165) is 55.7 Å². The van der Waals surface area contributed by atoms with Crippen LogP contribution in [0.2, 0.25) is 0 Å². The van der Waals surface area contributed by atoms with E-state index < -0.39 is 0 Å². The summed E-state index contributed by atoms with van der Waals surface area (Å²) in [6.07, 6.45) is 0.959. The van der Waals surface area contributed by atoms with Crippen LogP contribution in [0.5, 0.6) is 5.75 Å². The second kappa shape index (κ2) is 11.9. The highest BCUT2D eigenvalue weighted by Crippen LogP contribution is 2.29. The number of rotatable bonds is 7. The number of hydrogen-bond donors (Lipinski definition) is 1. The van der Waals surface area contributed by atoms with Crippen LogP contribution in [-0.4, -0.2) is 61.8 Å². The summed E-state index contributed by atoms with van der Waals surface area (Å²) in [4.78, 5) is 6.78. The first-order valence-corrected chi connectivity index (χ1v) is 9.83. The molecular formula is C19H32IN3O2S. The van der Waals surface area contributed by atoms with Gasteiger partial charge in [-0.05, 0) is 38.0 Å². The third-order valence-electron chi connectivity index (χ3n) is 4.11. The second-order valence-electron chi connectivity index (χ2n) is 6.76. The Labute approximate surface area is 179 Å². The molecule has 0 saturated carbocycles. The van der Waals surface area contributed by atoms with Crippen molar-refractivity contribution in [3.63, 3.8) is 0 Å². The number of halogens is 1. The first kappa shape index (κ1) is 23.4. The van der Waals surface area contributed by atoms with Crippen molar-refractivity contribution in [1.82, 2.24) is 10.2 Å². The SMILES string of the molecule is CN=C(NCCCOCc1ccc(OC)cc1)N1CCSC(C)(C)C1.I. The van der Waals surface area contributed by atoms with E-state index >= 15 is 0 Å². The molecule has 1 fully saturated rings. The summed E-state index contributed by atoms with van der Waals surface area (Å²) in [5, 5.41) is 3.46. The van der Waals surface area contributed by atoms with Gasteiger partial charge in [-0.3, -0.25) is 4.99 Å². The van der Waals surface area contributed by atoms with E-state index in [1.54, 1.807) is 7.11 Å². The standard InChI is InChI=1S/C19H31N3O2S.HI/c1-19(2)15-22(11-13-25-19)18(20-3)21-10-5-12-24-14-16-6-8-17(23-4)9-7-16;/h6-9H,5,10-15H2,1-4H3,(H,20,21);1H. The molecule has 7 heteroatoms. The highest BCUT2D eigenvalue weighted by molar-refractivity contribution is 14.0. The maximum atomic E-state index is 5.75. The van der Waals surface area contributed by atoms with Gasteiger partial charge in [-0.25, -0.2) is 0 Å². The molecule has 1 heterocycles. The van der Waals surface area contributed by atoms with Gasteiger partial charge in [0.15, 0.2) is 5.96 Å². The van der Waals surface area contributed by atoms with Crippen LogP contribution in [-0.2, 0) is 11.3 Å². The molecule has 148 valence electrons. The number of nitrogens with one attached hydrogen (secondary N) is 1. The van der Waals surface area contributed by atoms with Gasteiger partial charge in [0.05, 0.1) is 13.7 Å². The number of ether oxygens (including phenoxy) is 2. The fourth-order valence-electron chi connectivity index (χ4n) is 2.82. The van der Waals surface area contributed by atoms with Crippen molar-refractivity contribution in [3.8, 4) is 5.75 Å². The van der Waals surface area contributed by atoms with Gasteiger partial charge in [-0.15, -0.1) is 24.0 Å². The summed E-state index contributed by atoms with van der Waals surface area (Å²) in [5.41, 5.74) is 1.16. The van der Waals surface area contributed by atoms with Crippen molar-refractivity contribution in [2.45, 2.75) is 31.6 Å². The summed E-state index contributed by atoms with van der Waals surface area (Å²) in [5.74, 6) is 3.03. The number of thioether (sulfide) groups is 1. The molecule has 0 atom stereocenters. The number of benzene rings is 1. The van der Waals surface area contributed by atoms with Crippen LogP contribution >= 0.6 is 35.7 Å². The molecule has 0 radical (unpaired) electrons. The highest BCUT2D eigenvalue weighted by atomic mass is 127. The molecule has 2 rings (SSSR count). The Morgan fingerprint density at radius 1 is 1.31 bits per heavy atom. The molecule has 1 aromatic carbocycles. The molecule has 1 N–H and O–H groups in total. The lowest BCUT2D eigenvalue weighted by Crippen LogP contribution is -2.51. The lowest BCUT2D eigenvalue weighted by atomic mass is 10.2. The lowest BCUT2D eigenvalue weighted by molar-refractivity contribution is 0.119. The van der Waals surface area contributed by atoms with Crippen molar-refractivity contribution in [1.29, 1.82) is 0 Å². The fourth-order valence-corrected chi connectivity index (χ4v) is 3.93. The van der Waals surface area contributed by atoms with E-state index in [9.17, 15) is 0 Å². The third-order valence-corrected chi connectivity index (χ3v) is 5.41. The molecule has 5 nitrogen and oxygen atoms in total. The number of aliphatic imine (C=N–C) groups is 1. The van der Waals surface area contributed by atoms with Crippen LogP contribution in [0.25, 0.3) is 0 Å². The molecule has 0 aromatic heterocycles. The minimum absolute atomic E-state index is 0. The van der Waals surface area contributed by atoms with Crippen LogP contribution in [0.1, 0.15) is 25.8 Å². The Hall–Kier alpha value is -0.670. The van der Waals surface area contributed by atoms with E-state index in [-0.39, 0.29) is 28.7 Å². The average Bonchev–Trinajstić information content (AvgIpc) is 2.61. The summed E-state index contributed by atoms with van der Waals surface area (Å²) in [7, 11) is 3.54. The molecular weight excluding hydrogens is 461 g/mol. The maximum Gasteiger partial charge on any atom is 0.193 e. The van der Waals surface area contributed by atoms with E-state index in [1.165, 1.54) is 0 Å². The maximum absolute atomic E-state index is 5.75. The van der Waals surface area contributed by atoms with Crippen molar-refractivity contribution in [2.75, 3.05) is 46.2 Å². The zero-order valence-electron chi connectivity index (χ0n) is 16.3. The Bertz CT molecular complexity index is 552. The Balaban J connectivity index is 0.00000338. The molecule has 0 amide bonds. The minimum Gasteiger partial charge on any atom is -0.497 e. The van der Waals surface area contributed by atoms with Gasteiger partial charge < -0.3 is 19.7 Å². The smallest absolute Gasteiger partial charge is 0.193 e. The number of nitrogens with zero attached hydrogens (tertiary/aromatic N) is 2. The molecule has 1 aliphatic heterocycles. The molecule has 0 aliphatic carbocycles. The number of hydrogen-bond acceptors (Lipinski definition) is 4. The van der Waals surface area contributed by atoms with Crippen LogP contribution in [0.4, 0.5) is 0 Å². The van der Waals surface area contributed by atoms with Crippen molar-refractivity contribution >= 4 is 41.7 Å². The van der Waals surface area contributed by atoms with Gasteiger partial charge in [-0.1, -0.05) is 12.1 Å². The van der Waals surface area contributed by atoms with E-state index in [4.69, 9.17) is 9.47 Å². The first-order valence-electron chi connectivity index (χ1n) is 8.84. The van der Waals surface area contributed by atoms with Crippen molar-refractivity contribution < 1.29 is 9.47 Å². The van der Waals surface area contributed by atoms with Gasteiger partial charge in [0.1, 0.15) is 5.75 Å². The summed E-state index contributed by atoms with van der Waals surface area (Å²) in [6.45, 7) is 8.92. The predicted molar refractivity (Wildman–Crippen MR) is 122 cm³/mol. The van der Waals surface area contributed by atoms with Crippen LogP contribution in [0.15, 0.2) is 29.3 Å². The van der Waals surface area contributed by atoms with E-state index in [2.05, 4.69) is 29.1 Å². The van der Waals surface area contributed by atoms with Crippen LogP contribution < -0.4 is 10.1 Å². The Morgan fingerprint density at radius 3 is 2.65 bits per heavy atom. The predicted octanol–water partition coefficient (Wildman–Crippen LogP) is 3.62. The van der Waals surface area contributed by atoms with Gasteiger partial charge in [0.25, 0.3) is 0 Å².